The number of carbonyl (C=O) groups excluding carboxylic acids is 1. The van der Waals surface area contributed by atoms with E-state index in [1.165, 1.54) is 6.20 Å². The normalized spacial score (nSPS) is 10.5. The number of nitrogens with zero attached hydrogens (tertiary/aromatic N) is 2. The summed E-state index contributed by atoms with van der Waals surface area (Å²) in [5, 5.41) is 14.7. The molecule has 0 atom stereocenters. The third kappa shape index (κ3) is 4.86. The molecule has 23 heavy (non-hydrogen) atoms. The van der Waals surface area contributed by atoms with Gasteiger partial charge in [0, 0.05) is 30.8 Å². The standard InChI is InChI=1S/C17H16N4O2/c1-23-16-6-4-15(5-7-16)21-17(22)14(9-18)12-20-11-13-3-2-8-19-10-13/h2-8,10,12,20H,11H2,1H3,(H,21,22)/b14-12-. The van der Waals surface area contributed by atoms with Crippen molar-refractivity contribution >= 4 is 11.6 Å². The van der Waals surface area contributed by atoms with Crippen LogP contribution >= 0.6 is 0 Å². The van der Waals surface area contributed by atoms with Crippen LogP contribution in [-0.4, -0.2) is 18.0 Å². The van der Waals surface area contributed by atoms with Gasteiger partial charge in [0.05, 0.1) is 7.11 Å². The molecule has 0 saturated carbocycles. The van der Waals surface area contributed by atoms with Crippen LogP contribution in [0.1, 0.15) is 5.56 Å². The van der Waals surface area contributed by atoms with Crippen LogP contribution in [0.5, 0.6) is 5.75 Å². The zero-order chi connectivity index (χ0) is 16.5. The SMILES string of the molecule is COc1ccc(NC(=O)/C(C#N)=C\NCc2cccnc2)cc1. The van der Waals surface area contributed by atoms with E-state index < -0.39 is 5.91 Å². The van der Waals surface area contributed by atoms with Crippen LogP contribution < -0.4 is 15.4 Å². The smallest absolute Gasteiger partial charge is 0.267 e. The molecule has 116 valence electrons. The molecular formula is C17H16N4O2. The van der Waals surface area contributed by atoms with Gasteiger partial charge in [-0.2, -0.15) is 5.26 Å². The number of amides is 1. The van der Waals surface area contributed by atoms with Crippen LogP contribution in [0.3, 0.4) is 0 Å². The van der Waals surface area contributed by atoms with Crippen molar-refractivity contribution in [1.82, 2.24) is 10.3 Å². The van der Waals surface area contributed by atoms with Crippen molar-refractivity contribution < 1.29 is 9.53 Å². The lowest BCUT2D eigenvalue weighted by atomic mass is 10.2. The Morgan fingerprint density at radius 3 is 2.74 bits per heavy atom. The van der Waals surface area contributed by atoms with Gasteiger partial charge < -0.3 is 15.4 Å². The molecule has 0 aliphatic rings. The van der Waals surface area contributed by atoms with Crippen LogP contribution in [0.15, 0.2) is 60.6 Å². The number of aromatic nitrogens is 1. The van der Waals surface area contributed by atoms with Gasteiger partial charge in [-0.1, -0.05) is 6.07 Å². The summed E-state index contributed by atoms with van der Waals surface area (Å²) in [5.74, 6) is 0.216. The van der Waals surface area contributed by atoms with Crippen LogP contribution in [0, 0.1) is 11.3 Å². The topological polar surface area (TPSA) is 87.0 Å². The Hall–Kier alpha value is -3.33. The van der Waals surface area contributed by atoms with Crippen molar-refractivity contribution in [3.63, 3.8) is 0 Å². The molecule has 0 unspecified atom stereocenters. The lowest BCUT2D eigenvalue weighted by Gasteiger charge is -2.06. The highest BCUT2D eigenvalue weighted by Crippen LogP contribution is 2.15. The number of hydrogen-bond acceptors (Lipinski definition) is 5. The first kappa shape index (κ1) is 16.0. The van der Waals surface area contributed by atoms with Crippen molar-refractivity contribution in [2.45, 2.75) is 6.54 Å². The molecule has 1 aromatic carbocycles. The maximum absolute atomic E-state index is 12.1. The largest absolute Gasteiger partial charge is 0.497 e. The van der Waals surface area contributed by atoms with E-state index in [0.717, 1.165) is 5.56 Å². The first-order valence-electron chi connectivity index (χ1n) is 6.91. The molecule has 1 aromatic heterocycles. The van der Waals surface area contributed by atoms with Crippen molar-refractivity contribution in [2.24, 2.45) is 0 Å². The molecule has 2 N–H and O–H groups in total. The van der Waals surface area contributed by atoms with Crippen LogP contribution in [-0.2, 0) is 11.3 Å². The number of benzene rings is 1. The number of pyridine rings is 1. The van der Waals surface area contributed by atoms with Crippen LogP contribution in [0.4, 0.5) is 5.69 Å². The van der Waals surface area contributed by atoms with E-state index in [-0.39, 0.29) is 5.57 Å². The number of rotatable bonds is 6. The number of ether oxygens (including phenoxy) is 1. The maximum Gasteiger partial charge on any atom is 0.267 e. The molecule has 0 bridgehead atoms. The molecule has 6 nitrogen and oxygen atoms in total. The summed E-state index contributed by atoms with van der Waals surface area (Å²) in [5.41, 5.74) is 1.53. The Morgan fingerprint density at radius 1 is 1.35 bits per heavy atom. The van der Waals surface area contributed by atoms with Crippen molar-refractivity contribution in [1.29, 1.82) is 5.26 Å². The Kier molecular flexibility index (Phi) is 5.72. The Bertz CT molecular complexity index is 719. The number of nitrogens with one attached hydrogen (secondary N) is 2. The molecule has 6 heteroatoms. The van der Waals surface area contributed by atoms with E-state index >= 15 is 0 Å². The summed E-state index contributed by atoms with van der Waals surface area (Å²) in [7, 11) is 1.57. The summed E-state index contributed by atoms with van der Waals surface area (Å²) in [6.45, 7) is 0.481. The first-order chi connectivity index (χ1) is 11.2. The van der Waals surface area contributed by atoms with Crippen molar-refractivity contribution in [3.8, 4) is 11.8 Å². The van der Waals surface area contributed by atoms with E-state index in [4.69, 9.17) is 10.00 Å². The van der Waals surface area contributed by atoms with E-state index in [2.05, 4.69) is 15.6 Å². The number of carbonyl (C=O) groups is 1. The highest BCUT2D eigenvalue weighted by atomic mass is 16.5. The Balaban J connectivity index is 1.94. The number of methoxy groups -OCH3 is 1. The highest BCUT2D eigenvalue weighted by molar-refractivity contribution is 6.06. The molecule has 1 heterocycles. The van der Waals surface area contributed by atoms with Gasteiger partial charge in [0.25, 0.3) is 5.91 Å². The van der Waals surface area contributed by atoms with Crippen molar-refractivity contribution in [2.75, 3.05) is 12.4 Å². The van der Waals surface area contributed by atoms with E-state index in [9.17, 15) is 4.79 Å². The van der Waals surface area contributed by atoms with Gasteiger partial charge in [-0.3, -0.25) is 9.78 Å². The predicted molar refractivity (Wildman–Crippen MR) is 86.4 cm³/mol. The quantitative estimate of drug-likeness (QED) is 0.631. The van der Waals surface area contributed by atoms with Gasteiger partial charge in [-0.25, -0.2) is 0 Å². The van der Waals surface area contributed by atoms with Gasteiger partial charge in [0.15, 0.2) is 0 Å². The molecule has 2 rings (SSSR count). The molecule has 0 aliphatic carbocycles. The average Bonchev–Trinajstić information content (AvgIpc) is 2.60. The fraction of sp³-hybridized carbons (Fsp3) is 0.118. The number of nitriles is 1. The molecule has 0 fully saturated rings. The zero-order valence-electron chi connectivity index (χ0n) is 12.6. The van der Waals surface area contributed by atoms with E-state index in [1.54, 1.807) is 43.8 Å². The van der Waals surface area contributed by atoms with Crippen LogP contribution in [0.25, 0.3) is 0 Å². The summed E-state index contributed by atoms with van der Waals surface area (Å²) in [6, 6.07) is 12.5. The third-order valence-corrected chi connectivity index (χ3v) is 2.99. The molecule has 0 aliphatic heterocycles. The van der Waals surface area contributed by atoms with E-state index in [0.29, 0.717) is 18.0 Å². The molecule has 0 saturated heterocycles. The summed E-state index contributed by atoms with van der Waals surface area (Å²) in [6.07, 6.45) is 4.79. The summed E-state index contributed by atoms with van der Waals surface area (Å²) < 4.78 is 5.05. The predicted octanol–water partition coefficient (Wildman–Crippen LogP) is 2.23. The number of hydrogen-bond donors (Lipinski definition) is 2. The third-order valence-electron chi connectivity index (χ3n) is 2.99. The van der Waals surface area contributed by atoms with Gasteiger partial charge in [0.1, 0.15) is 17.4 Å². The van der Waals surface area contributed by atoms with Crippen LogP contribution in [0.2, 0.25) is 0 Å². The fourth-order valence-electron chi connectivity index (χ4n) is 1.80. The lowest BCUT2D eigenvalue weighted by molar-refractivity contribution is -0.112. The average molecular weight is 308 g/mol. The summed E-state index contributed by atoms with van der Waals surface area (Å²) in [4.78, 5) is 16.0. The molecule has 1 amide bonds. The zero-order valence-corrected chi connectivity index (χ0v) is 12.6. The highest BCUT2D eigenvalue weighted by Gasteiger charge is 2.09. The number of anilines is 1. The summed E-state index contributed by atoms with van der Waals surface area (Å²) >= 11 is 0. The molecule has 0 spiro atoms. The molecule has 0 radical (unpaired) electrons. The molecule has 2 aromatic rings. The van der Waals surface area contributed by atoms with E-state index in [1.807, 2.05) is 18.2 Å². The first-order valence-corrected chi connectivity index (χ1v) is 6.91. The maximum atomic E-state index is 12.1. The van der Waals surface area contributed by atoms with Crippen molar-refractivity contribution in [3.05, 3.63) is 66.1 Å². The fourth-order valence-corrected chi connectivity index (χ4v) is 1.80. The minimum Gasteiger partial charge on any atom is -0.497 e. The van der Waals surface area contributed by atoms with Gasteiger partial charge in [-0.05, 0) is 35.9 Å². The second kappa shape index (κ2) is 8.20. The second-order valence-electron chi connectivity index (χ2n) is 4.59. The minimum atomic E-state index is -0.476. The Labute approximate surface area is 134 Å². The van der Waals surface area contributed by atoms with Gasteiger partial charge in [0.2, 0.25) is 0 Å². The lowest BCUT2D eigenvalue weighted by Crippen LogP contribution is -2.16. The van der Waals surface area contributed by atoms with Gasteiger partial charge in [-0.15, -0.1) is 0 Å². The second-order valence-corrected chi connectivity index (χ2v) is 4.59. The Morgan fingerprint density at radius 2 is 2.13 bits per heavy atom. The minimum absolute atomic E-state index is 0.00953. The van der Waals surface area contributed by atoms with Gasteiger partial charge >= 0.3 is 0 Å². The molecular weight excluding hydrogens is 292 g/mol. The monoisotopic (exact) mass is 308 g/mol.